The Morgan fingerprint density at radius 2 is 1.56 bits per heavy atom. The molecule has 2 aliphatic carbocycles. The molecule has 0 amide bonds. The zero-order valence-corrected chi connectivity index (χ0v) is 12.1. The van der Waals surface area contributed by atoms with E-state index in [1.165, 1.54) is 25.9 Å². The van der Waals surface area contributed by atoms with Crippen LogP contribution in [0.3, 0.4) is 0 Å². The molecule has 0 fully saturated rings. The Kier molecular flexibility index (Phi) is 3.33. The van der Waals surface area contributed by atoms with Crippen LogP contribution in [0.15, 0.2) is 83.5 Å². The van der Waals surface area contributed by atoms with Crippen molar-refractivity contribution in [3.05, 3.63) is 92.7 Å². The van der Waals surface area contributed by atoms with Gasteiger partial charge in [-0.05, 0) is 63.4 Å². The second kappa shape index (κ2) is 5.11. The summed E-state index contributed by atoms with van der Waals surface area (Å²) in [6, 6.07) is 8.76. The molecule has 0 nitrogen and oxygen atoms in total. The fraction of sp³-hybridized carbons (Fsp3) is 0.0588. The molecule has 1 aromatic carbocycles. The van der Waals surface area contributed by atoms with Gasteiger partial charge in [0.25, 0.3) is 0 Å². The lowest BCUT2D eigenvalue weighted by molar-refractivity contribution is 1.17. The van der Waals surface area contributed by atoms with Crippen molar-refractivity contribution in [3.63, 3.8) is 0 Å². The van der Waals surface area contributed by atoms with E-state index in [1.807, 2.05) is 0 Å². The summed E-state index contributed by atoms with van der Waals surface area (Å²) in [5, 5.41) is 0. The van der Waals surface area contributed by atoms with E-state index in [0.29, 0.717) is 0 Å². The highest BCUT2D eigenvalue weighted by atomic mass is 127. The molecule has 0 atom stereocenters. The maximum absolute atomic E-state index is 2.34. The maximum Gasteiger partial charge on any atom is 0.0130 e. The SMILES string of the molecule is Ic1ccc(CC2=CC=CC2=C2C=CC=C2)cc1. The Morgan fingerprint density at radius 3 is 2.28 bits per heavy atom. The van der Waals surface area contributed by atoms with Crippen molar-refractivity contribution in [3.8, 4) is 0 Å². The van der Waals surface area contributed by atoms with E-state index in [0.717, 1.165) is 6.42 Å². The fourth-order valence-corrected chi connectivity index (χ4v) is 2.63. The molecule has 0 N–H and O–H groups in total. The summed E-state index contributed by atoms with van der Waals surface area (Å²) in [6.45, 7) is 0. The second-order valence-corrected chi connectivity index (χ2v) is 5.69. The van der Waals surface area contributed by atoms with Gasteiger partial charge < -0.3 is 0 Å². The van der Waals surface area contributed by atoms with Crippen molar-refractivity contribution in [2.75, 3.05) is 0 Å². The summed E-state index contributed by atoms with van der Waals surface area (Å²) in [6.07, 6.45) is 16.1. The van der Waals surface area contributed by atoms with Crippen LogP contribution in [-0.2, 0) is 6.42 Å². The first-order valence-electron chi connectivity index (χ1n) is 6.04. The third kappa shape index (κ3) is 2.41. The number of halogens is 1. The Morgan fingerprint density at radius 1 is 0.833 bits per heavy atom. The van der Waals surface area contributed by atoms with Gasteiger partial charge in [-0.15, -0.1) is 0 Å². The van der Waals surface area contributed by atoms with Gasteiger partial charge in [0.05, 0.1) is 0 Å². The van der Waals surface area contributed by atoms with E-state index in [4.69, 9.17) is 0 Å². The summed E-state index contributed by atoms with van der Waals surface area (Å²) >= 11 is 2.34. The minimum Gasteiger partial charge on any atom is -0.0616 e. The molecule has 0 saturated heterocycles. The molecule has 18 heavy (non-hydrogen) atoms. The summed E-state index contributed by atoms with van der Waals surface area (Å²) in [4.78, 5) is 0. The van der Waals surface area contributed by atoms with Crippen molar-refractivity contribution >= 4 is 22.6 Å². The van der Waals surface area contributed by atoms with Crippen molar-refractivity contribution in [1.29, 1.82) is 0 Å². The third-order valence-electron chi connectivity index (χ3n) is 3.19. The zero-order valence-electron chi connectivity index (χ0n) is 9.94. The highest BCUT2D eigenvalue weighted by Gasteiger charge is 2.11. The Labute approximate surface area is 121 Å². The third-order valence-corrected chi connectivity index (χ3v) is 3.91. The van der Waals surface area contributed by atoms with Crippen LogP contribution in [-0.4, -0.2) is 0 Å². The number of rotatable bonds is 2. The van der Waals surface area contributed by atoms with Crippen LogP contribution in [0.4, 0.5) is 0 Å². The summed E-state index contributed by atoms with van der Waals surface area (Å²) in [7, 11) is 0. The lowest BCUT2D eigenvalue weighted by Gasteiger charge is -2.08. The maximum atomic E-state index is 2.34. The first-order valence-corrected chi connectivity index (χ1v) is 7.12. The highest BCUT2D eigenvalue weighted by Crippen LogP contribution is 2.28. The first kappa shape index (κ1) is 11.7. The molecule has 0 unspecified atom stereocenters. The van der Waals surface area contributed by atoms with Crippen LogP contribution in [0.25, 0.3) is 0 Å². The van der Waals surface area contributed by atoms with E-state index in [2.05, 4.69) is 89.4 Å². The molecular formula is C17H13I. The van der Waals surface area contributed by atoms with Crippen LogP contribution in [0.2, 0.25) is 0 Å². The van der Waals surface area contributed by atoms with E-state index >= 15 is 0 Å². The molecule has 0 spiro atoms. The van der Waals surface area contributed by atoms with Gasteiger partial charge in [-0.25, -0.2) is 0 Å². The molecule has 0 bridgehead atoms. The fourth-order valence-electron chi connectivity index (χ4n) is 2.27. The van der Waals surface area contributed by atoms with Crippen LogP contribution in [0, 0.1) is 3.57 Å². The van der Waals surface area contributed by atoms with E-state index in [1.54, 1.807) is 0 Å². The molecule has 0 heterocycles. The topological polar surface area (TPSA) is 0 Å². The molecule has 0 aliphatic heterocycles. The van der Waals surface area contributed by atoms with Crippen LogP contribution >= 0.6 is 22.6 Å². The lowest BCUT2D eigenvalue weighted by atomic mass is 9.97. The molecular weight excluding hydrogens is 331 g/mol. The molecule has 2 aliphatic rings. The van der Waals surface area contributed by atoms with Crippen LogP contribution in [0.1, 0.15) is 5.56 Å². The van der Waals surface area contributed by atoms with Gasteiger partial charge in [-0.3, -0.25) is 0 Å². The van der Waals surface area contributed by atoms with Crippen molar-refractivity contribution in [2.24, 2.45) is 0 Å². The number of allylic oxidation sites excluding steroid dienone is 10. The van der Waals surface area contributed by atoms with E-state index < -0.39 is 0 Å². The smallest absolute Gasteiger partial charge is 0.0130 e. The van der Waals surface area contributed by atoms with Crippen molar-refractivity contribution in [2.45, 2.75) is 6.42 Å². The largest absolute Gasteiger partial charge is 0.0616 e. The first-order chi connectivity index (χ1) is 8.83. The summed E-state index contributed by atoms with van der Waals surface area (Å²) in [5.74, 6) is 0. The number of hydrogen-bond donors (Lipinski definition) is 0. The Hall–Kier alpha value is -1.35. The van der Waals surface area contributed by atoms with Crippen molar-refractivity contribution < 1.29 is 0 Å². The highest BCUT2D eigenvalue weighted by molar-refractivity contribution is 14.1. The molecule has 3 rings (SSSR count). The molecule has 0 aromatic heterocycles. The number of hydrogen-bond acceptors (Lipinski definition) is 0. The van der Waals surface area contributed by atoms with E-state index in [9.17, 15) is 0 Å². The van der Waals surface area contributed by atoms with Gasteiger partial charge in [0.2, 0.25) is 0 Å². The molecule has 0 radical (unpaired) electrons. The predicted molar refractivity (Wildman–Crippen MR) is 85.4 cm³/mol. The standard InChI is InChI=1S/C17H13I/c18-16-10-8-13(9-11-16)12-15-6-3-7-17(15)14-4-1-2-5-14/h1-11H,12H2. The van der Waals surface area contributed by atoms with Gasteiger partial charge in [0.1, 0.15) is 0 Å². The minimum atomic E-state index is 1.00. The average Bonchev–Trinajstić information content (AvgIpc) is 3.02. The summed E-state index contributed by atoms with van der Waals surface area (Å²) < 4.78 is 1.29. The van der Waals surface area contributed by atoms with Gasteiger partial charge in [0, 0.05) is 3.57 Å². The van der Waals surface area contributed by atoms with Gasteiger partial charge in [-0.2, -0.15) is 0 Å². The quantitative estimate of drug-likeness (QED) is 0.679. The van der Waals surface area contributed by atoms with Gasteiger partial charge in [-0.1, -0.05) is 54.7 Å². The zero-order chi connectivity index (χ0) is 12.4. The van der Waals surface area contributed by atoms with Gasteiger partial charge >= 0.3 is 0 Å². The minimum absolute atomic E-state index is 1.00. The average molecular weight is 344 g/mol. The van der Waals surface area contributed by atoms with Crippen molar-refractivity contribution in [1.82, 2.24) is 0 Å². The Balaban J connectivity index is 1.86. The van der Waals surface area contributed by atoms with Crippen LogP contribution < -0.4 is 0 Å². The molecule has 88 valence electrons. The Bertz CT molecular complexity index is 594. The number of benzene rings is 1. The van der Waals surface area contributed by atoms with Crippen LogP contribution in [0.5, 0.6) is 0 Å². The lowest BCUT2D eigenvalue weighted by Crippen LogP contribution is -1.93. The molecule has 0 saturated carbocycles. The molecule has 1 heteroatoms. The second-order valence-electron chi connectivity index (χ2n) is 4.44. The monoisotopic (exact) mass is 344 g/mol. The normalized spacial score (nSPS) is 16.8. The van der Waals surface area contributed by atoms with Gasteiger partial charge in [0.15, 0.2) is 0 Å². The summed E-state index contributed by atoms with van der Waals surface area (Å²) in [5.41, 5.74) is 5.45. The predicted octanol–water partition coefficient (Wildman–Crippen LogP) is 4.75. The van der Waals surface area contributed by atoms with E-state index in [-0.39, 0.29) is 0 Å². The molecule has 1 aromatic rings.